The van der Waals surface area contributed by atoms with Crippen LogP contribution in [0.3, 0.4) is 0 Å². The van der Waals surface area contributed by atoms with Crippen molar-refractivity contribution < 1.29 is 4.79 Å². The van der Waals surface area contributed by atoms with Crippen LogP contribution in [0.1, 0.15) is 42.1 Å². The lowest BCUT2D eigenvalue weighted by Gasteiger charge is -2.25. The number of aromatic nitrogens is 1. The van der Waals surface area contributed by atoms with Gasteiger partial charge in [0.05, 0.1) is 5.56 Å². The van der Waals surface area contributed by atoms with Crippen molar-refractivity contribution in [3.05, 3.63) is 33.7 Å². The fourth-order valence-electron chi connectivity index (χ4n) is 2.82. The molecule has 1 aliphatic rings. The van der Waals surface area contributed by atoms with Crippen LogP contribution in [0.25, 0.3) is 0 Å². The smallest absolute Gasteiger partial charge is 0.255 e. The Morgan fingerprint density at radius 2 is 2.25 bits per heavy atom. The summed E-state index contributed by atoms with van der Waals surface area (Å²) in [7, 11) is 1.87. The van der Waals surface area contributed by atoms with Gasteiger partial charge in [-0.15, -0.1) is 0 Å². The standard InChI is InChI=1S/C15H22N2O2S/c1-4-20-12-6-5-11(8-12)17(3)15(19)13-9-16-14(18)7-10(13)2/h7,9,11-12H,4-6,8H2,1-3H3,(H,16,18). The third-order valence-corrected chi connectivity index (χ3v) is 5.22. The number of nitrogens with one attached hydrogen (secondary N) is 1. The van der Waals surface area contributed by atoms with Gasteiger partial charge < -0.3 is 9.88 Å². The van der Waals surface area contributed by atoms with Crippen LogP contribution in [0.5, 0.6) is 0 Å². The van der Waals surface area contributed by atoms with Crippen LogP contribution in [-0.4, -0.2) is 39.9 Å². The molecule has 1 heterocycles. The van der Waals surface area contributed by atoms with Crippen LogP contribution in [0.2, 0.25) is 0 Å². The molecule has 1 N–H and O–H groups in total. The molecule has 0 bridgehead atoms. The van der Waals surface area contributed by atoms with Crippen molar-refractivity contribution in [2.45, 2.75) is 44.4 Å². The van der Waals surface area contributed by atoms with Gasteiger partial charge in [0.1, 0.15) is 0 Å². The lowest BCUT2D eigenvalue weighted by molar-refractivity contribution is 0.0734. The molecule has 1 aromatic rings. The number of aromatic amines is 1. The zero-order valence-electron chi connectivity index (χ0n) is 12.3. The topological polar surface area (TPSA) is 53.2 Å². The number of aryl methyl sites for hydroxylation is 1. The molecule has 2 rings (SSSR count). The summed E-state index contributed by atoms with van der Waals surface area (Å²) in [6.45, 7) is 3.98. The molecule has 2 unspecified atom stereocenters. The molecule has 0 radical (unpaired) electrons. The van der Waals surface area contributed by atoms with Gasteiger partial charge in [-0.1, -0.05) is 6.92 Å². The summed E-state index contributed by atoms with van der Waals surface area (Å²) in [5, 5.41) is 0.678. The van der Waals surface area contributed by atoms with Crippen LogP contribution in [0.15, 0.2) is 17.1 Å². The summed E-state index contributed by atoms with van der Waals surface area (Å²) in [5.74, 6) is 1.14. The van der Waals surface area contributed by atoms with E-state index in [9.17, 15) is 9.59 Å². The minimum absolute atomic E-state index is 0.00546. The number of hydrogen-bond donors (Lipinski definition) is 1. The van der Waals surface area contributed by atoms with E-state index in [4.69, 9.17) is 0 Å². The van der Waals surface area contributed by atoms with Crippen LogP contribution < -0.4 is 5.56 Å². The second-order valence-electron chi connectivity index (χ2n) is 5.35. The van der Waals surface area contributed by atoms with Gasteiger partial charge in [-0.05, 0) is 37.5 Å². The van der Waals surface area contributed by atoms with E-state index in [-0.39, 0.29) is 11.5 Å². The zero-order valence-corrected chi connectivity index (χ0v) is 13.1. The largest absolute Gasteiger partial charge is 0.339 e. The predicted molar refractivity (Wildman–Crippen MR) is 83.5 cm³/mol. The Labute approximate surface area is 124 Å². The summed E-state index contributed by atoms with van der Waals surface area (Å²) in [6, 6.07) is 1.80. The third-order valence-electron chi connectivity index (χ3n) is 3.99. The fourth-order valence-corrected chi connectivity index (χ4v) is 3.95. The second-order valence-corrected chi connectivity index (χ2v) is 6.93. The molecule has 4 nitrogen and oxygen atoms in total. The zero-order chi connectivity index (χ0) is 14.7. The maximum absolute atomic E-state index is 12.5. The van der Waals surface area contributed by atoms with Gasteiger partial charge in [-0.25, -0.2) is 0 Å². The van der Waals surface area contributed by atoms with E-state index in [1.165, 1.54) is 18.7 Å². The highest BCUT2D eigenvalue weighted by Crippen LogP contribution is 2.32. The quantitative estimate of drug-likeness (QED) is 0.928. The number of hydrogen-bond acceptors (Lipinski definition) is 3. The van der Waals surface area contributed by atoms with Crippen molar-refractivity contribution in [3.8, 4) is 0 Å². The second kappa shape index (κ2) is 6.48. The van der Waals surface area contributed by atoms with E-state index in [0.29, 0.717) is 16.9 Å². The number of H-pyrrole nitrogens is 1. The molecule has 0 saturated heterocycles. The molecule has 0 spiro atoms. The highest BCUT2D eigenvalue weighted by atomic mass is 32.2. The Kier molecular flexibility index (Phi) is 4.91. The Hall–Kier alpha value is -1.23. The van der Waals surface area contributed by atoms with Crippen molar-refractivity contribution in [2.75, 3.05) is 12.8 Å². The Bertz CT molecular complexity index is 541. The summed E-state index contributed by atoms with van der Waals surface area (Å²) in [4.78, 5) is 28.2. The summed E-state index contributed by atoms with van der Waals surface area (Å²) < 4.78 is 0. The summed E-state index contributed by atoms with van der Waals surface area (Å²) in [6.07, 6.45) is 4.86. The van der Waals surface area contributed by atoms with Gasteiger partial charge in [-0.3, -0.25) is 9.59 Å². The van der Waals surface area contributed by atoms with Gasteiger partial charge in [-0.2, -0.15) is 11.8 Å². The Balaban J connectivity index is 2.07. The van der Waals surface area contributed by atoms with Crippen LogP contribution in [-0.2, 0) is 0 Å². The molecular formula is C15H22N2O2S. The minimum Gasteiger partial charge on any atom is -0.339 e. The molecular weight excluding hydrogens is 272 g/mol. The molecule has 5 heteroatoms. The van der Waals surface area contributed by atoms with Crippen molar-refractivity contribution in [3.63, 3.8) is 0 Å². The average Bonchev–Trinajstić information content (AvgIpc) is 2.86. The first kappa shape index (κ1) is 15.2. The van der Waals surface area contributed by atoms with Gasteiger partial charge in [0.2, 0.25) is 5.56 Å². The maximum atomic E-state index is 12.5. The SMILES string of the molecule is CCSC1CCC(N(C)C(=O)c2c[nH]c(=O)cc2C)C1. The normalized spacial score (nSPS) is 21.9. The van der Waals surface area contributed by atoms with Gasteiger partial charge in [0.25, 0.3) is 5.91 Å². The first-order valence-corrected chi connectivity index (χ1v) is 8.16. The van der Waals surface area contributed by atoms with Gasteiger partial charge in [0, 0.05) is 30.6 Å². The summed E-state index contributed by atoms with van der Waals surface area (Å²) >= 11 is 1.99. The van der Waals surface area contributed by atoms with Crippen molar-refractivity contribution in [1.29, 1.82) is 0 Å². The maximum Gasteiger partial charge on any atom is 0.255 e. The highest BCUT2D eigenvalue weighted by molar-refractivity contribution is 7.99. The predicted octanol–water partition coefficient (Wildman–Crippen LogP) is 2.43. The molecule has 2 atom stereocenters. The molecule has 1 aromatic heterocycles. The average molecular weight is 294 g/mol. The molecule has 110 valence electrons. The van der Waals surface area contributed by atoms with E-state index >= 15 is 0 Å². The summed E-state index contributed by atoms with van der Waals surface area (Å²) in [5.41, 5.74) is 1.17. The molecule has 0 aromatic carbocycles. The highest BCUT2D eigenvalue weighted by Gasteiger charge is 2.30. The van der Waals surface area contributed by atoms with Crippen LogP contribution >= 0.6 is 11.8 Å². The third kappa shape index (κ3) is 3.26. The van der Waals surface area contributed by atoms with Gasteiger partial charge >= 0.3 is 0 Å². The molecule has 0 aliphatic heterocycles. The first-order chi connectivity index (χ1) is 9.52. The van der Waals surface area contributed by atoms with Crippen LogP contribution in [0.4, 0.5) is 0 Å². The van der Waals surface area contributed by atoms with E-state index in [1.807, 2.05) is 23.7 Å². The minimum atomic E-state index is -0.165. The van der Waals surface area contributed by atoms with Crippen LogP contribution in [0, 0.1) is 6.92 Å². The van der Waals surface area contributed by atoms with E-state index < -0.39 is 0 Å². The number of thioether (sulfide) groups is 1. The first-order valence-electron chi connectivity index (χ1n) is 7.11. The van der Waals surface area contributed by atoms with Crippen molar-refractivity contribution in [1.82, 2.24) is 9.88 Å². The number of carbonyl (C=O) groups excluding carboxylic acids is 1. The lowest BCUT2D eigenvalue weighted by Crippen LogP contribution is -2.36. The molecule has 1 fully saturated rings. The number of nitrogens with zero attached hydrogens (tertiary/aromatic N) is 1. The van der Waals surface area contributed by atoms with E-state index in [0.717, 1.165) is 24.2 Å². The Morgan fingerprint density at radius 3 is 2.90 bits per heavy atom. The monoisotopic (exact) mass is 294 g/mol. The Morgan fingerprint density at radius 1 is 1.50 bits per heavy atom. The number of carbonyl (C=O) groups is 1. The number of pyridine rings is 1. The van der Waals surface area contributed by atoms with Crippen molar-refractivity contribution >= 4 is 17.7 Å². The number of rotatable bonds is 4. The number of amides is 1. The van der Waals surface area contributed by atoms with Crippen molar-refractivity contribution in [2.24, 2.45) is 0 Å². The fraction of sp³-hybridized carbons (Fsp3) is 0.600. The molecule has 1 amide bonds. The van der Waals surface area contributed by atoms with Gasteiger partial charge in [0.15, 0.2) is 0 Å². The molecule has 1 aliphatic carbocycles. The molecule has 1 saturated carbocycles. The van der Waals surface area contributed by atoms with E-state index in [2.05, 4.69) is 11.9 Å². The molecule has 20 heavy (non-hydrogen) atoms. The lowest BCUT2D eigenvalue weighted by atomic mass is 10.1. The van der Waals surface area contributed by atoms with E-state index in [1.54, 1.807) is 6.92 Å².